The lowest BCUT2D eigenvalue weighted by Gasteiger charge is -2.17. The molecule has 1 aromatic carbocycles. The van der Waals surface area contributed by atoms with Gasteiger partial charge in [0.15, 0.2) is 0 Å². The highest BCUT2D eigenvalue weighted by atomic mass is 31.2. The molecule has 0 unspecified atom stereocenters. The maximum Gasteiger partial charge on any atom is 0.375 e. The number of aromatic nitrogens is 7. The van der Waals surface area contributed by atoms with Gasteiger partial charge in [0.2, 0.25) is 11.3 Å². The predicted molar refractivity (Wildman–Crippen MR) is 112 cm³/mol. The number of alkyl halides is 2. The van der Waals surface area contributed by atoms with Crippen molar-refractivity contribution >= 4 is 29.4 Å². The Morgan fingerprint density at radius 2 is 1.94 bits per heavy atom. The minimum Gasteiger partial charge on any atom is -0.319 e. The second kappa shape index (κ2) is 6.75. The quantitative estimate of drug-likeness (QED) is 0.399. The molecule has 4 heterocycles. The molecule has 0 aliphatic heterocycles. The van der Waals surface area contributed by atoms with Gasteiger partial charge in [0.05, 0.1) is 17.5 Å². The molecule has 11 heteroatoms. The van der Waals surface area contributed by atoms with Crippen molar-refractivity contribution in [2.45, 2.75) is 6.05 Å². The number of hydrogen-bond acceptors (Lipinski definition) is 6. The van der Waals surface area contributed by atoms with Gasteiger partial charge in [-0.2, -0.15) is 13.5 Å². The van der Waals surface area contributed by atoms with Gasteiger partial charge in [-0.05, 0) is 31.5 Å². The molecule has 0 spiro atoms. The Kier molecular flexibility index (Phi) is 4.23. The maximum absolute atomic E-state index is 15.4. The first-order valence-corrected chi connectivity index (χ1v) is 11.9. The first-order valence-electron chi connectivity index (χ1n) is 9.29. The molecule has 0 aliphatic carbocycles. The van der Waals surface area contributed by atoms with Gasteiger partial charge in [-0.25, -0.2) is 15.0 Å². The molecule has 31 heavy (non-hydrogen) atoms. The van der Waals surface area contributed by atoms with E-state index in [1.807, 2.05) is 0 Å². The smallest absolute Gasteiger partial charge is 0.319 e. The molecule has 5 aromatic rings. The first-order chi connectivity index (χ1) is 14.7. The Hall–Kier alpha value is -3.52. The van der Waals surface area contributed by atoms with Crippen LogP contribution in [0.4, 0.5) is 8.78 Å². The van der Waals surface area contributed by atoms with Crippen molar-refractivity contribution in [2.24, 2.45) is 0 Å². The zero-order chi connectivity index (χ0) is 21.8. The summed E-state index contributed by atoms with van der Waals surface area (Å²) in [4.78, 5) is 12.6. The third-order valence-electron chi connectivity index (χ3n) is 4.93. The highest BCUT2D eigenvalue weighted by molar-refractivity contribution is 7.70. The van der Waals surface area contributed by atoms with Gasteiger partial charge in [-0.15, -0.1) is 5.10 Å². The number of benzene rings is 1. The molecule has 4 aromatic heterocycles. The van der Waals surface area contributed by atoms with Crippen LogP contribution < -0.4 is 5.30 Å². The zero-order valence-corrected chi connectivity index (χ0v) is 17.4. The van der Waals surface area contributed by atoms with Gasteiger partial charge in [0, 0.05) is 29.5 Å². The molecule has 156 valence electrons. The second-order valence-electron chi connectivity index (χ2n) is 7.46. The topological polar surface area (TPSA) is 90.9 Å². The number of rotatable bonds is 4. The van der Waals surface area contributed by atoms with Crippen molar-refractivity contribution in [3.63, 3.8) is 0 Å². The summed E-state index contributed by atoms with van der Waals surface area (Å²) in [5.41, 5.74) is 1.07. The lowest BCUT2D eigenvalue weighted by molar-refractivity contribution is -0.0463. The molecule has 0 aliphatic rings. The summed E-state index contributed by atoms with van der Waals surface area (Å²) in [5, 5.41) is 8.04. The van der Waals surface area contributed by atoms with E-state index < -0.39 is 13.2 Å². The van der Waals surface area contributed by atoms with E-state index in [1.54, 1.807) is 43.8 Å². The van der Waals surface area contributed by atoms with Crippen molar-refractivity contribution < 1.29 is 13.3 Å². The zero-order valence-electron chi connectivity index (χ0n) is 16.5. The van der Waals surface area contributed by atoms with Crippen LogP contribution in [0.25, 0.3) is 28.2 Å². The molecule has 0 fully saturated rings. The molecule has 0 atom stereocenters. The Morgan fingerprint density at radius 1 is 1.10 bits per heavy atom. The highest BCUT2D eigenvalue weighted by Crippen LogP contribution is 2.36. The van der Waals surface area contributed by atoms with Gasteiger partial charge in [-0.3, -0.25) is 0 Å². The van der Waals surface area contributed by atoms with Crippen LogP contribution in [0.1, 0.15) is 5.56 Å². The number of hydrogen-bond donors (Lipinski definition) is 0. The molecular formula is C20H16F2N7OP. The van der Waals surface area contributed by atoms with Crippen LogP contribution >= 0.6 is 7.14 Å². The Morgan fingerprint density at radius 3 is 2.74 bits per heavy atom. The van der Waals surface area contributed by atoms with Gasteiger partial charge in [-0.1, -0.05) is 23.4 Å². The summed E-state index contributed by atoms with van der Waals surface area (Å²) < 4.78 is 45.1. The molecule has 0 bridgehead atoms. The molecule has 0 amide bonds. The summed E-state index contributed by atoms with van der Waals surface area (Å²) >= 11 is 0. The van der Waals surface area contributed by atoms with Crippen molar-refractivity contribution in [3.8, 4) is 11.3 Å². The largest absolute Gasteiger partial charge is 0.375 e. The van der Waals surface area contributed by atoms with E-state index in [4.69, 9.17) is 0 Å². The van der Waals surface area contributed by atoms with Crippen LogP contribution in [0.5, 0.6) is 0 Å². The average molecular weight is 439 g/mol. The van der Waals surface area contributed by atoms with E-state index >= 15 is 8.78 Å². The van der Waals surface area contributed by atoms with Crippen molar-refractivity contribution in [1.82, 2.24) is 34.3 Å². The molecular weight excluding hydrogens is 423 g/mol. The van der Waals surface area contributed by atoms with E-state index in [1.165, 1.54) is 35.1 Å². The normalized spacial score (nSPS) is 12.6. The number of fused-ring (bicyclic) bond motifs is 2. The van der Waals surface area contributed by atoms with E-state index in [0.29, 0.717) is 26.9 Å². The Bertz CT molecular complexity index is 1490. The van der Waals surface area contributed by atoms with E-state index in [2.05, 4.69) is 25.3 Å². The number of halogens is 2. The monoisotopic (exact) mass is 439 g/mol. The summed E-state index contributed by atoms with van der Waals surface area (Å²) in [6.45, 7) is 3.33. The van der Waals surface area contributed by atoms with Crippen LogP contribution in [-0.4, -0.2) is 47.7 Å². The fourth-order valence-corrected chi connectivity index (χ4v) is 4.16. The average Bonchev–Trinajstić information content (AvgIpc) is 3.39. The SMILES string of the molecule is CP(C)(=O)c1cccc(-c2cnc3nnn(C(F)(F)c4ccc5nccn5c4)c3n2)c1. The number of nitrogens with zero attached hydrogens (tertiary/aromatic N) is 7. The van der Waals surface area contributed by atoms with Crippen LogP contribution in [0.2, 0.25) is 0 Å². The maximum atomic E-state index is 15.4. The lowest BCUT2D eigenvalue weighted by Crippen LogP contribution is -2.26. The molecule has 0 saturated carbocycles. The number of pyridine rings is 1. The standard InChI is InChI=1S/C20H16F2N7OP/c1-31(2,30)15-5-3-4-13(10-15)16-11-24-18-19(25-16)29(27-26-18)20(21,22)14-6-7-17-23-8-9-28(17)12-14/h3-12H,1-2H3. The van der Waals surface area contributed by atoms with E-state index in [9.17, 15) is 4.57 Å². The number of imidazole rings is 1. The van der Waals surface area contributed by atoms with Gasteiger partial charge < -0.3 is 8.97 Å². The molecule has 8 nitrogen and oxygen atoms in total. The van der Waals surface area contributed by atoms with Crippen molar-refractivity contribution in [3.05, 3.63) is 66.7 Å². The fraction of sp³-hybridized carbons (Fsp3) is 0.150. The van der Waals surface area contributed by atoms with Crippen molar-refractivity contribution in [1.29, 1.82) is 0 Å². The fourth-order valence-electron chi connectivity index (χ4n) is 3.26. The molecule has 5 rings (SSSR count). The minimum atomic E-state index is -3.52. The highest BCUT2D eigenvalue weighted by Gasteiger charge is 2.38. The second-order valence-corrected chi connectivity index (χ2v) is 10.7. The lowest BCUT2D eigenvalue weighted by atomic mass is 10.2. The van der Waals surface area contributed by atoms with Gasteiger partial charge in [0.25, 0.3) is 0 Å². The first kappa shape index (κ1) is 19.4. The van der Waals surface area contributed by atoms with E-state index in [-0.39, 0.29) is 16.9 Å². The van der Waals surface area contributed by atoms with Crippen LogP contribution in [0.3, 0.4) is 0 Å². The third kappa shape index (κ3) is 3.29. The molecule has 0 N–H and O–H groups in total. The van der Waals surface area contributed by atoms with Gasteiger partial charge >= 0.3 is 6.05 Å². The summed E-state index contributed by atoms with van der Waals surface area (Å²) in [5.74, 6) is 0. The van der Waals surface area contributed by atoms with Crippen LogP contribution in [0.15, 0.2) is 61.2 Å². The third-order valence-corrected chi connectivity index (χ3v) is 6.45. The van der Waals surface area contributed by atoms with Crippen LogP contribution in [-0.2, 0) is 10.6 Å². The molecule has 0 saturated heterocycles. The summed E-state index contributed by atoms with van der Waals surface area (Å²) in [6.07, 6.45) is 5.84. The summed E-state index contributed by atoms with van der Waals surface area (Å²) in [6, 6.07) is 6.27. The molecule has 0 radical (unpaired) electrons. The van der Waals surface area contributed by atoms with Crippen LogP contribution in [0, 0.1) is 0 Å². The minimum absolute atomic E-state index is 0.0000526. The van der Waals surface area contributed by atoms with Gasteiger partial charge in [0.1, 0.15) is 12.8 Å². The predicted octanol–water partition coefficient (Wildman–Crippen LogP) is 3.38. The Balaban J connectivity index is 1.63. The Labute approximate surface area is 175 Å². The van der Waals surface area contributed by atoms with Crippen molar-refractivity contribution in [2.75, 3.05) is 13.3 Å². The summed E-state index contributed by atoms with van der Waals surface area (Å²) in [7, 11) is -2.50. The van der Waals surface area contributed by atoms with E-state index in [0.717, 1.165) is 0 Å².